The normalized spacial score (nSPS) is 36.0. The molecule has 4 nitrogen and oxygen atoms in total. The number of hydrogen-bond donors (Lipinski definition) is 2. The van der Waals surface area contributed by atoms with Crippen LogP contribution in [0.5, 0.6) is 0 Å². The fourth-order valence-electron chi connectivity index (χ4n) is 4.88. The molecule has 2 saturated carbocycles. The van der Waals surface area contributed by atoms with Crippen molar-refractivity contribution in [2.45, 2.75) is 57.4 Å². The smallest absolute Gasteiger partial charge is 0.221 e. The molecule has 0 aromatic rings. The Bertz CT molecular complexity index is 360. The van der Waals surface area contributed by atoms with Gasteiger partial charge in [0.15, 0.2) is 0 Å². The van der Waals surface area contributed by atoms with E-state index in [1.807, 2.05) is 0 Å². The zero-order chi connectivity index (χ0) is 14.7. The molecule has 120 valence electrons. The summed E-state index contributed by atoms with van der Waals surface area (Å²) in [6.45, 7) is 3.77. The molecule has 3 aliphatic rings. The van der Waals surface area contributed by atoms with Crippen LogP contribution in [0, 0.1) is 17.8 Å². The molecule has 0 aromatic heterocycles. The average molecular weight is 293 g/mol. The topological polar surface area (TPSA) is 58.4 Å². The van der Waals surface area contributed by atoms with E-state index in [0.717, 1.165) is 24.3 Å². The zero-order valence-electron chi connectivity index (χ0n) is 13.2. The van der Waals surface area contributed by atoms with E-state index in [1.54, 1.807) is 0 Å². The van der Waals surface area contributed by atoms with Gasteiger partial charge in [-0.2, -0.15) is 0 Å². The first-order valence-electron chi connectivity index (χ1n) is 8.97. The molecule has 2 aliphatic carbocycles. The number of nitrogens with zero attached hydrogens (tertiary/aromatic N) is 1. The Balaban J connectivity index is 1.48. The van der Waals surface area contributed by atoms with Gasteiger partial charge in [-0.3, -0.25) is 9.69 Å². The summed E-state index contributed by atoms with van der Waals surface area (Å²) >= 11 is 0. The Morgan fingerprint density at radius 2 is 2.10 bits per heavy atom. The monoisotopic (exact) mass is 293 g/mol. The van der Waals surface area contributed by atoms with Gasteiger partial charge in [0.25, 0.3) is 0 Å². The summed E-state index contributed by atoms with van der Waals surface area (Å²) in [5.74, 6) is 3.09. The lowest BCUT2D eigenvalue weighted by molar-refractivity contribution is -0.121. The molecule has 0 aromatic carbocycles. The van der Waals surface area contributed by atoms with Crippen LogP contribution in [0.25, 0.3) is 0 Å². The maximum Gasteiger partial charge on any atom is 0.221 e. The number of carbonyl (C=O) groups is 1. The minimum Gasteiger partial charge on any atom is -0.354 e. The SMILES string of the molecule is NCCC(=O)NCC1CCCCN1CC1CC2CCC1C2. The van der Waals surface area contributed by atoms with Gasteiger partial charge in [0, 0.05) is 32.1 Å². The standard InChI is InChI=1S/C17H31N3O/c18-7-6-17(21)19-11-16-3-1-2-8-20(16)12-15-10-13-4-5-14(15)9-13/h13-16H,1-12,18H2,(H,19,21). The predicted octanol–water partition coefficient (Wildman–Crippen LogP) is 1.74. The summed E-state index contributed by atoms with van der Waals surface area (Å²) < 4.78 is 0. The van der Waals surface area contributed by atoms with Crippen LogP contribution in [0.15, 0.2) is 0 Å². The minimum atomic E-state index is 0.114. The van der Waals surface area contributed by atoms with Crippen LogP contribution in [0.3, 0.4) is 0 Å². The second kappa shape index (κ2) is 7.10. The highest BCUT2D eigenvalue weighted by molar-refractivity contribution is 5.76. The number of likely N-dealkylation sites (tertiary alicyclic amines) is 1. The molecule has 1 amide bonds. The van der Waals surface area contributed by atoms with Gasteiger partial charge < -0.3 is 11.1 Å². The fourth-order valence-corrected chi connectivity index (χ4v) is 4.88. The summed E-state index contributed by atoms with van der Waals surface area (Å²) in [4.78, 5) is 14.3. The van der Waals surface area contributed by atoms with Crippen molar-refractivity contribution in [3.63, 3.8) is 0 Å². The molecule has 3 fully saturated rings. The van der Waals surface area contributed by atoms with E-state index in [-0.39, 0.29) is 5.91 Å². The summed E-state index contributed by atoms with van der Waals surface area (Å²) in [6.07, 6.45) is 10.3. The van der Waals surface area contributed by atoms with Gasteiger partial charge in [-0.25, -0.2) is 0 Å². The van der Waals surface area contributed by atoms with Crippen molar-refractivity contribution in [2.75, 3.05) is 26.2 Å². The Labute approximate surface area is 128 Å². The van der Waals surface area contributed by atoms with Crippen LogP contribution < -0.4 is 11.1 Å². The molecule has 0 spiro atoms. The molecule has 4 atom stereocenters. The number of amides is 1. The summed E-state index contributed by atoms with van der Waals surface area (Å²) in [5.41, 5.74) is 5.44. The fraction of sp³-hybridized carbons (Fsp3) is 0.941. The van der Waals surface area contributed by atoms with Crippen molar-refractivity contribution >= 4 is 5.91 Å². The molecular weight excluding hydrogens is 262 g/mol. The molecule has 0 radical (unpaired) electrons. The number of nitrogens with one attached hydrogen (secondary N) is 1. The second-order valence-electron chi connectivity index (χ2n) is 7.42. The molecule has 4 unspecified atom stereocenters. The Morgan fingerprint density at radius 1 is 1.19 bits per heavy atom. The van der Waals surface area contributed by atoms with Gasteiger partial charge in [0.2, 0.25) is 5.91 Å². The Morgan fingerprint density at radius 3 is 2.81 bits per heavy atom. The van der Waals surface area contributed by atoms with Crippen LogP contribution in [0.2, 0.25) is 0 Å². The third-order valence-corrected chi connectivity index (χ3v) is 6.01. The van der Waals surface area contributed by atoms with Crippen LogP contribution in [0.1, 0.15) is 51.4 Å². The highest BCUT2D eigenvalue weighted by Crippen LogP contribution is 2.48. The van der Waals surface area contributed by atoms with Gasteiger partial charge in [0.05, 0.1) is 0 Å². The third-order valence-electron chi connectivity index (χ3n) is 6.01. The number of hydrogen-bond acceptors (Lipinski definition) is 3. The molecule has 1 aliphatic heterocycles. The first-order chi connectivity index (χ1) is 10.3. The first-order valence-corrected chi connectivity index (χ1v) is 8.97. The van der Waals surface area contributed by atoms with E-state index in [2.05, 4.69) is 10.2 Å². The number of fused-ring (bicyclic) bond motifs is 2. The zero-order valence-corrected chi connectivity index (χ0v) is 13.2. The number of piperidine rings is 1. The van der Waals surface area contributed by atoms with Crippen molar-refractivity contribution in [3.05, 3.63) is 0 Å². The van der Waals surface area contributed by atoms with Crippen molar-refractivity contribution in [3.8, 4) is 0 Å². The molecule has 3 N–H and O–H groups in total. The molecule has 4 heteroatoms. The summed E-state index contributed by atoms with van der Waals surface area (Å²) in [5, 5.41) is 3.08. The van der Waals surface area contributed by atoms with E-state index in [0.29, 0.717) is 19.0 Å². The van der Waals surface area contributed by atoms with Crippen molar-refractivity contribution in [2.24, 2.45) is 23.5 Å². The first kappa shape index (κ1) is 15.3. The quantitative estimate of drug-likeness (QED) is 0.784. The van der Waals surface area contributed by atoms with E-state index in [9.17, 15) is 4.79 Å². The van der Waals surface area contributed by atoms with Crippen LogP contribution >= 0.6 is 0 Å². The minimum absolute atomic E-state index is 0.114. The molecule has 2 bridgehead atoms. The number of carbonyl (C=O) groups excluding carboxylic acids is 1. The molecule has 21 heavy (non-hydrogen) atoms. The van der Waals surface area contributed by atoms with Crippen molar-refractivity contribution in [1.29, 1.82) is 0 Å². The largest absolute Gasteiger partial charge is 0.354 e. The molecule has 1 saturated heterocycles. The van der Waals surface area contributed by atoms with Gasteiger partial charge in [-0.15, -0.1) is 0 Å². The molecular formula is C17H31N3O. The van der Waals surface area contributed by atoms with Gasteiger partial charge >= 0.3 is 0 Å². The highest BCUT2D eigenvalue weighted by Gasteiger charge is 2.40. The van der Waals surface area contributed by atoms with E-state index in [1.165, 1.54) is 58.0 Å². The van der Waals surface area contributed by atoms with Crippen molar-refractivity contribution < 1.29 is 4.79 Å². The molecule has 3 rings (SSSR count). The number of rotatable bonds is 6. The lowest BCUT2D eigenvalue weighted by Crippen LogP contribution is -2.48. The maximum atomic E-state index is 11.6. The average Bonchev–Trinajstić information content (AvgIpc) is 3.09. The van der Waals surface area contributed by atoms with Gasteiger partial charge in [0.1, 0.15) is 0 Å². The van der Waals surface area contributed by atoms with Crippen molar-refractivity contribution in [1.82, 2.24) is 10.2 Å². The van der Waals surface area contributed by atoms with Crippen LogP contribution in [0.4, 0.5) is 0 Å². The van der Waals surface area contributed by atoms with Gasteiger partial charge in [-0.05, 0) is 56.4 Å². The van der Waals surface area contributed by atoms with E-state index in [4.69, 9.17) is 5.73 Å². The van der Waals surface area contributed by atoms with Gasteiger partial charge in [-0.1, -0.05) is 12.8 Å². The van der Waals surface area contributed by atoms with E-state index >= 15 is 0 Å². The van der Waals surface area contributed by atoms with Crippen LogP contribution in [-0.2, 0) is 4.79 Å². The second-order valence-corrected chi connectivity index (χ2v) is 7.42. The number of nitrogens with two attached hydrogens (primary N) is 1. The third kappa shape index (κ3) is 3.78. The van der Waals surface area contributed by atoms with E-state index < -0.39 is 0 Å². The Hall–Kier alpha value is -0.610. The maximum absolute atomic E-state index is 11.6. The van der Waals surface area contributed by atoms with Crippen LogP contribution in [-0.4, -0.2) is 43.0 Å². The summed E-state index contributed by atoms with van der Waals surface area (Å²) in [6, 6.07) is 0.555. The lowest BCUT2D eigenvalue weighted by Gasteiger charge is -2.39. The summed E-state index contributed by atoms with van der Waals surface area (Å²) in [7, 11) is 0. The predicted molar refractivity (Wildman–Crippen MR) is 84.8 cm³/mol. The highest BCUT2D eigenvalue weighted by atomic mass is 16.1. The Kier molecular flexibility index (Phi) is 5.17. The molecule has 1 heterocycles. The lowest BCUT2D eigenvalue weighted by atomic mass is 9.87.